The minimum Gasteiger partial charge on any atom is -0.347 e. The molecule has 0 spiro atoms. The van der Waals surface area contributed by atoms with E-state index in [4.69, 9.17) is 0 Å². The zero-order valence-corrected chi connectivity index (χ0v) is 22.5. The van der Waals surface area contributed by atoms with Crippen LogP contribution in [0, 0.1) is 0 Å². The van der Waals surface area contributed by atoms with Crippen molar-refractivity contribution in [2.45, 2.75) is 18.9 Å². The first kappa shape index (κ1) is 29.9. The second-order valence-corrected chi connectivity index (χ2v) is 9.38. The average Bonchev–Trinajstić information content (AvgIpc) is 3.27. The Morgan fingerprint density at radius 3 is 1.93 bits per heavy atom. The van der Waals surface area contributed by atoms with E-state index < -0.39 is 48.0 Å². The molecular weight excluding hydrogens is 537 g/mol. The molecule has 0 bridgehead atoms. The maximum Gasteiger partial charge on any atom is 0.258 e. The molecule has 13 heteroatoms. The zero-order chi connectivity index (χ0) is 29.1. The van der Waals surface area contributed by atoms with Crippen molar-refractivity contribution in [1.29, 1.82) is 0 Å². The van der Waals surface area contributed by atoms with Gasteiger partial charge in [-0.2, -0.15) is 0 Å². The number of carbonyl (C=O) groups excluding carboxylic acids is 7. The molecule has 0 aromatic heterocycles. The molecule has 4 N–H and O–H groups in total. The summed E-state index contributed by atoms with van der Waals surface area (Å²) in [7, 11) is 1.95. The highest BCUT2D eigenvalue weighted by Gasteiger charge is 2.25. The molecule has 0 saturated carbocycles. The van der Waals surface area contributed by atoms with Crippen LogP contribution in [-0.2, 0) is 46.4 Å². The van der Waals surface area contributed by atoms with Gasteiger partial charge >= 0.3 is 0 Å². The third-order valence-corrected chi connectivity index (χ3v) is 5.84. The second kappa shape index (κ2) is 14.5. The average molecular weight is 566 g/mol. The van der Waals surface area contributed by atoms with Crippen LogP contribution in [0.25, 0.3) is 0 Å². The minimum absolute atomic E-state index is 0.0523. The maximum atomic E-state index is 12.5. The lowest BCUT2D eigenvalue weighted by Crippen LogP contribution is -2.51. The zero-order valence-electron chi connectivity index (χ0n) is 21.3. The van der Waals surface area contributed by atoms with Crippen LogP contribution in [0.15, 0.2) is 66.7 Å². The quantitative estimate of drug-likeness (QED) is 0.181. The molecule has 1 aliphatic rings. The van der Waals surface area contributed by atoms with Gasteiger partial charge in [-0.1, -0.05) is 51.7 Å². The molecule has 2 aromatic rings. The summed E-state index contributed by atoms with van der Waals surface area (Å²) >= 11 is 0. The van der Waals surface area contributed by atoms with Gasteiger partial charge in [0.05, 0.1) is 31.7 Å². The smallest absolute Gasteiger partial charge is 0.258 e. The van der Waals surface area contributed by atoms with Crippen LogP contribution >= 0.6 is 9.24 Å². The van der Waals surface area contributed by atoms with E-state index in [0.717, 1.165) is 10.5 Å². The summed E-state index contributed by atoms with van der Waals surface area (Å²) in [5.41, 5.74) is 1.44. The van der Waals surface area contributed by atoms with Crippen molar-refractivity contribution < 1.29 is 33.6 Å². The van der Waals surface area contributed by atoms with Crippen molar-refractivity contribution >= 4 is 55.9 Å². The van der Waals surface area contributed by atoms with Gasteiger partial charge in [-0.25, -0.2) is 4.90 Å². The van der Waals surface area contributed by atoms with Crippen LogP contribution in [-0.4, -0.2) is 66.6 Å². The van der Waals surface area contributed by atoms with Gasteiger partial charge < -0.3 is 21.3 Å². The fourth-order valence-electron chi connectivity index (χ4n) is 3.69. The van der Waals surface area contributed by atoms with E-state index in [0.29, 0.717) is 11.3 Å². The molecule has 0 aliphatic carbocycles. The number of hydrogen-bond donors (Lipinski definition) is 4. The highest BCUT2D eigenvalue weighted by atomic mass is 31.0. The van der Waals surface area contributed by atoms with E-state index in [1.165, 1.54) is 12.2 Å². The van der Waals surface area contributed by atoms with E-state index in [1.54, 1.807) is 48.5 Å². The van der Waals surface area contributed by atoms with Crippen molar-refractivity contribution in [2.75, 3.05) is 24.5 Å². The molecular formula is C27H28N5O7P. The number of benzene rings is 2. The molecule has 208 valence electrons. The van der Waals surface area contributed by atoms with Crippen molar-refractivity contribution in [1.82, 2.24) is 21.3 Å². The molecule has 1 heterocycles. The predicted molar refractivity (Wildman–Crippen MR) is 148 cm³/mol. The van der Waals surface area contributed by atoms with E-state index in [9.17, 15) is 33.6 Å². The van der Waals surface area contributed by atoms with Gasteiger partial charge in [0.15, 0.2) is 5.52 Å². The van der Waals surface area contributed by atoms with E-state index in [1.807, 2.05) is 15.3 Å². The summed E-state index contributed by atoms with van der Waals surface area (Å²) < 4.78 is 0. The highest BCUT2D eigenvalue weighted by Crippen LogP contribution is 2.19. The number of nitrogens with one attached hydrogen (secondary N) is 4. The summed E-state index contributed by atoms with van der Waals surface area (Å²) in [4.78, 5) is 85.0. The monoisotopic (exact) mass is 565 g/mol. The molecule has 2 atom stereocenters. The van der Waals surface area contributed by atoms with E-state index >= 15 is 0 Å². The lowest BCUT2D eigenvalue weighted by molar-refractivity contribution is -0.130. The Kier molecular flexibility index (Phi) is 10.8. The molecule has 40 heavy (non-hydrogen) atoms. The summed E-state index contributed by atoms with van der Waals surface area (Å²) in [6, 6.07) is 14.3. The highest BCUT2D eigenvalue weighted by molar-refractivity contribution is 7.40. The summed E-state index contributed by atoms with van der Waals surface area (Å²) in [6.07, 6.45) is 2.47. The van der Waals surface area contributed by atoms with Gasteiger partial charge in [-0.05, 0) is 23.3 Å². The van der Waals surface area contributed by atoms with Crippen LogP contribution in [0.1, 0.15) is 11.1 Å². The fraction of sp³-hybridized carbons (Fsp3) is 0.222. The van der Waals surface area contributed by atoms with Crippen molar-refractivity contribution in [3.05, 3.63) is 77.9 Å². The van der Waals surface area contributed by atoms with Gasteiger partial charge in [-0.3, -0.25) is 33.6 Å². The van der Waals surface area contributed by atoms with E-state index in [2.05, 4.69) is 21.3 Å². The maximum absolute atomic E-state index is 12.5. The summed E-state index contributed by atoms with van der Waals surface area (Å²) in [5, 5.41) is 9.83. The lowest BCUT2D eigenvalue weighted by Gasteiger charge is -2.18. The normalized spacial score (nSPS) is 13.0. The van der Waals surface area contributed by atoms with Crippen LogP contribution in [0.3, 0.4) is 0 Å². The molecule has 0 saturated heterocycles. The van der Waals surface area contributed by atoms with Crippen molar-refractivity contribution in [3.63, 3.8) is 0 Å². The topological polar surface area (TPSA) is 171 Å². The van der Waals surface area contributed by atoms with Gasteiger partial charge in [0.1, 0.15) is 6.04 Å². The Morgan fingerprint density at radius 2 is 1.30 bits per heavy atom. The molecule has 12 nitrogen and oxygen atoms in total. The first-order chi connectivity index (χ1) is 19.1. The summed E-state index contributed by atoms with van der Waals surface area (Å²) in [6.45, 7) is -1.02. The predicted octanol–water partition coefficient (Wildman–Crippen LogP) is -0.864. The standard InChI is InChI=1S/C27H28N5O7P/c33-21(13-18-6-8-19(9-7-18)32-24(36)10-11-25(32)37)28-14-22(34)29-15-23(35)31-20(27(39)30-16-26(38)40)12-17-4-2-1-3-5-17/h1-11,20H,12-16,40H2,(H,28,33)(H,29,34)(H,30,39)(H,31,35). The number of nitrogens with zero attached hydrogens (tertiary/aromatic N) is 1. The van der Waals surface area contributed by atoms with Crippen LogP contribution in [0.2, 0.25) is 0 Å². The Hall–Kier alpha value is -4.70. The van der Waals surface area contributed by atoms with Gasteiger partial charge in [0.25, 0.3) is 11.8 Å². The van der Waals surface area contributed by atoms with Crippen molar-refractivity contribution in [2.24, 2.45) is 0 Å². The van der Waals surface area contributed by atoms with Gasteiger partial charge in [0.2, 0.25) is 23.6 Å². The SMILES string of the molecule is O=C(P)CNC(=O)C(Cc1ccccc1)NC(=O)CNC(=O)CNC(=O)Cc1ccc(N2C(=O)C=CC2=O)cc1. The summed E-state index contributed by atoms with van der Waals surface area (Å²) in [5.74, 6) is -3.14. The first-order valence-electron chi connectivity index (χ1n) is 12.2. The fourth-order valence-corrected chi connectivity index (χ4v) is 3.79. The number of imide groups is 1. The largest absolute Gasteiger partial charge is 0.347 e. The Labute approximate surface area is 232 Å². The lowest BCUT2D eigenvalue weighted by atomic mass is 10.1. The first-order valence-corrected chi connectivity index (χ1v) is 12.8. The second-order valence-electron chi connectivity index (χ2n) is 8.74. The molecule has 0 fully saturated rings. The van der Waals surface area contributed by atoms with Gasteiger partial charge in [-0.15, -0.1) is 0 Å². The van der Waals surface area contributed by atoms with Crippen molar-refractivity contribution in [3.8, 4) is 0 Å². The van der Waals surface area contributed by atoms with Crippen LogP contribution in [0.5, 0.6) is 0 Å². The number of anilines is 1. The molecule has 0 radical (unpaired) electrons. The molecule has 2 aromatic carbocycles. The Balaban J connectivity index is 1.42. The number of amides is 6. The molecule has 2 unspecified atom stereocenters. The third-order valence-electron chi connectivity index (χ3n) is 5.63. The molecule has 1 aliphatic heterocycles. The third kappa shape index (κ3) is 9.25. The number of hydrogen-bond acceptors (Lipinski definition) is 7. The van der Waals surface area contributed by atoms with Crippen LogP contribution < -0.4 is 26.2 Å². The minimum atomic E-state index is -0.972. The Morgan fingerprint density at radius 1 is 0.700 bits per heavy atom. The molecule has 3 rings (SSSR count). The number of rotatable bonds is 13. The Bertz CT molecular complexity index is 1310. The van der Waals surface area contributed by atoms with Gasteiger partial charge in [0, 0.05) is 18.6 Å². The molecule has 6 amide bonds. The number of carbonyl (C=O) groups is 7. The van der Waals surface area contributed by atoms with Crippen LogP contribution in [0.4, 0.5) is 5.69 Å². The van der Waals surface area contributed by atoms with E-state index in [-0.39, 0.29) is 31.5 Å².